The number of carbonyl (C=O) groups is 2. The molecule has 0 aliphatic carbocycles. The quantitative estimate of drug-likeness (QED) is 0.0383. The van der Waals surface area contributed by atoms with Gasteiger partial charge in [-0.05, 0) is 43.9 Å². The molecule has 0 aliphatic rings. The van der Waals surface area contributed by atoms with Crippen molar-refractivity contribution < 1.29 is 28.0 Å². The van der Waals surface area contributed by atoms with Crippen molar-refractivity contribution in [2.45, 2.75) is 194 Å². The molecule has 0 saturated heterocycles. The van der Waals surface area contributed by atoms with E-state index in [1.807, 2.05) is 0 Å². The molecule has 0 unspecified atom stereocenters. The summed E-state index contributed by atoms with van der Waals surface area (Å²) >= 11 is 0. The number of carbonyl (C=O) groups excluding carboxylic acids is 2. The van der Waals surface area contributed by atoms with Gasteiger partial charge in [-0.15, -0.1) is 0 Å². The van der Waals surface area contributed by atoms with Crippen molar-refractivity contribution >= 4 is 11.9 Å². The Morgan fingerprint density at radius 3 is 0.944 bits per heavy atom. The summed E-state index contributed by atoms with van der Waals surface area (Å²) in [6.07, 6.45) is 38.3. The minimum absolute atomic E-state index is 0.366. The van der Waals surface area contributed by atoms with Crippen molar-refractivity contribution in [3.8, 4) is 0 Å². The van der Waals surface area contributed by atoms with E-state index < -0.39 is 0 Å². The van der Waals surface area contributed by atoms with Crippen LogP contribution in [-0.4, -0.2) is 88.5 Å². The molecule has 0 aliphatic heterocycles. The second-order valence-corrected chi connectivity index (χ2v) is 17.8. The first-order chi connectivity index (χ1) is 26.1. The van der Waals surface area contributed by atoms with Gasteiger partial charge in [0, 0.05) is 0 Å². The molecule has 0 heterocycles. The third-order valence-corrected chi connectivity index (χ3v) is 11.4. The number of likely N-dealkylation sites (N-methyl/N-ethyl adjacent to an activating group) is 2. The molecule has 0 fully saturated rings. The topological polar surface area (TPSA) is 52.6 Å². The van der Waals surface area contributed by atoms with Crippen molar-refractivity contribution in [2.24, 2.45) is 0 Å². The van der Waals surface area contributed by atoms with Crippen LogP contribution in [-0.2, 0) is 9.47 Å². The van der Waals surface area contributed by atoms with Crippen LogP contribution in [0.4, 0.5) is 0 Å². The van der Waals surface area contributed by atoms with Gasteiger partial charge in [0.2, 0.25) is 0 Å². The van der Waals surface area contributed by atoms with Crippen LogP contribution in [0.5, 0.6) is 0 Å². The number of benzene rings is 1. The average molecular weight is 759 g/mol. The van der Waals surface area contributed by atoms with Crippen LogP contribution in [0.1, 0.15) is 214 Å². The van der Waals surface area contributed by atoms with Gasteiger partial charge in [-0.1, -0.05) is 174 Å². The molecule has 1 aromatic carbocycles. The van der Waals surface area contributed by atoms with E-state index in [2.05, 4.69) is 42.0 Å². The zero-order valence-corrected chi connectivity index (χ0v) is 36.9. The number of ether oxygens (including phenoxy) is 2. The zero-order valence-electron chi connectivity index (χ0n) is 36.9. The molecule has 1 aromatic rings. The maximum atomic E-state index is 12.8. The lowest BCUT2D eigenvalue weighted by atomic mass is 10.0. The largest absolute Gasteiger partial charge is 0.456 e. The first-order valence-electron chi connectivity index (χ1n) is 23.2. The fourth-order valence-electron chi connectivity index (χ4n) is 7.40. The third-order valence-electron chi connectivity index (χ3n) is 11.4. The standard InChI is InChI=1S/C48H90N2O4/c1-7-9-11-13-15-17-19-21-23-25-27-29-31-33-38-49(3,4)40-42-53-47(51)45-36-35-37-46(44-45)48(52)54-43-41-50(5,6)39-34-32-30-28-26-24-22-20-18-16-14-12-10-8-2/h35-37,44H,7-34,38-43H2,1-6H3/q+2. The average Bonchev–Trinajstić information content (AvgIpc) is 3.14. The number of hydrogen-bond acceptors (Lipinski definition) is 4. The van der Waals surface area contributed by atoms with Gasteiger partial charge >= 0.3 is 11.9 Å². The van der Waals surface area contributed by atoms with E-state index in [0.29, 0.717) is 24.3 Å². The van der Waals surface area contributed by atoms with Crippen LogP contribution in [0.3, 0.4) is 0 Å². The van der Waals surface area contributed by atoms with Crippen LogP contribution in [0, 0.1) is 0 Å². The van der Waals surface area contributed by atoms with Crippen molar-refractivity contribution in [2.75, 3.05) is 67.6 Å². The minimum atomic E-state index is -0.382. The Morgan fingerprint density at radius 1 is 0.407 bits per heavy atom. The molecular formula is C48H90N2O4+2. The van der Waals surface area contributed by atoms with E-state index in [9.17, 15) is 9.59 Å². The predicted molar refractivity (Wildman–Crippen MR) is 231 cm³/mol. The first kappa shape index (κ1) is 50.1. The van der Waals surface area contributed by atoms with Crippen LogP contribution in [0.15, 0.2) is 24.3 Å². The highest BCUT2D eigenvalue weighted by Crippen LogP contribution is 2.16. The molecule has 0 N–H and O–H groups in total. The molecule has 0 amide bonds. The predicted octanol–water partition coefficient (Wildman–Crippen LogP) is 13.1. The molecule has 0 atom stereocenters. The monoisotopic (exact) mass is 759 g/mol. The van der Waals surface area contributed by atoms with Gasteiger partial charge in [-0.25, -0.2) is 9.59 Å². The van der Waals surface area contributed by atoms with Crippen LogP contribution in [0.25, 0.3) is 0 Å². The fraction of sp³-hybridized carbons (Fsp3) is 0.833. The number of nitrogens with zero attached hydrogens (tertiary/aromatic N) is 2. The molecular weight excluding hydrogens is 669 g/mol. The molecule has 0 bridgehead atoms. The zero-order chi connectivity index (χ0) is 39.6. The fourth-order valence-corrected chi connectivity index (χ4v) is 7.40. The lowest BCUT2D eigenvalue weighted by molar-refractivity contribution is -0.890. The Bertz CT molecular complexity index is 962. The van der Waals surface area contributed by atoms with E-state index >= 15 is 0 Å². The van der Waals surface area contributed by atoms with Gasteiger partial charge < -0.3 is 18.4 Å². The van der Waals surface area contributed by atoms with E-state index in [4.69, 9.17) is 9.47 Å². The minimum Gasteiger partial charge on any atom is -0.456 e. The molecule has 314 valence electrons. The summed E-state index contributed by atoms with van der Waals surface area (Å²) in [5.74, 6) is -0.765. The summed E-state index contributed by atoms with van der Waals surface area (Å²) in [5.41, 5.74) is 0.797. The van der Waals surface area contributed by atoms with Gasteiger partial charge in [-0.2, -0.15) is 0 Å². The second kappa shape index (κ2) is 33.2. The third kappa shape index (κ3) is 29.4. The highest BCUT2D eigenvalue weighted by atomic mass is 16.5. The van der Waals surface area contributed by atoms with Gasteiger partial charge in [0.25, 0.3) is 0 Å². The molecule has 6 heteroatoms. The molecule has 0 radical (unpaired) electrons. The highest BCUT2D eigenvalue weighted by molar-refractivity contribution is 5.95. The van der Waals surface area contributed by atoms with Gasteiger partial charge in [0.05, 0.1) is 52.4 Å². The summed E-state index contributed by atoms with van der Waals surface area (Å²) in [7, 11) is 8.86. The number of esters is 2. The molecule has 0 saturated carbocycles. The van der Waals surface area contributed by atoms with E-state index in [-0.39, 0.29) is 11.9 Å². The van der Waals surface area contributed by atoms with Gasteiger partial charge in [-0.3, -0.25) is 0 Å². The van der Waals surface area contributed by atoms with Crippen LogP contribution >= 0.6 is 0 Å². The van der Waals surface area contributed by atoms with E-state index in [1.54, 1.807) is 24.3 Å². The highest BCUT2D eigenvalue weighted by Gasteiger charge is 2.19. The Balaban J connectivity index is 2.14. The molecule has 1 rings (SSSR count). The summed E-state index contributed by atoms with van der Waals surface area (Å²) in [4.78, 5) is 25.7. The number of unbranched alkanes of at least 4 members (excludes halogenated alkanes) is 26. The van der Waals surface area contributed by atoms with Crippen LogP contribution in [0.2, 0.25) is 0 Å². The lowest BCUT2D eigenvalue weighted by Crippen LogP contribution is -2.43. The SMILES string of the molecule is CCCCCCCCCCCCCCCC[N+](C)(C)CCOC(=O)c1cccc(C(=O)OCC[N+](C)(C)CCCCCCCCCCCCCCCC)c1. The lowest BCUT2D eigenvalue weighted by Gasteiger charge is -2.29. The number of hydrogen-bond donors (Lipinski definition) is 0. The Kier molecular flexibility index (Phi) is 30.8. The van der Waals surface area contributed by atoms with E-state index in [1.165, 1.54) is 180 Å². The van der Waals surface area contributed by atoms with Crippen molar-refractivity contribution in [3.63, 3.8) is 0 Å². The van der Waals surface area contributed by atoms with Crippen molar-refractivity contribution in [3.05, 3.63) is 35.4 Å². The van der Waals surface area contributed by atoms with Gasteiger partial charge in [0.1, 0.15) is 26.3 Å². The Hall–Kier alpha value is -1.92. The second-order valence-electron chi connectivity index (χ2n) is 17.8. The number of rotatable bonds is 38. The number of quaternary nitrogens is 2. The summed E-state index contributed by atoms with van der Waals surface area (Å²) in [6.45, 7) is 9.03. The van der Waals surface area contributed by atoms with Gasteiger partial charge in [0.15, 0.2) is 0 Å². The normalized spacial score (nSPS) is 12.0. The Labute approximate surface area is 335 Å². The maximum Gasteiger partial charge on any atom is 0.338 e. The van der Waals surface area contributed by atoms with E-state index in [0.717, 1.165) is 35.1 Å². The summed E-state index contributed by atoms with van der Waals surface area (Å²) in [5, 5.41) is 0. The maximum absolute atomic E-state index is 12.8. The molecule has 54 heavy (non-hydrogen) atoms. The smallest absolute Gasteiger partial charge is 0.338 e. The molecule has 0 spiro atoms. The van der Waals surface area contributed by atoms with Crippen LogP contribution < -0.4 is 0 Å². The van der Waals surface area contributed by atoms with Crippen molar-refractivity contribution in [1.82, 2.24) is 0 Å². The Morgan fingerprint density at radius 2 is 0.667 bits per heavy atom. The molecule has 6 nitrogen and oxygen atoms in total. The molecule has 0 aromatic heterocycles. The first-order valence-corrected chi connectivity index (χ1v) is 23.2. The summed E-state index contributed by atoms with van der Waals surface area (Å²) in [6, 6.07) is 6.76. The summed E-state index contributed by atoms with van der Waals surface area (Å²) < 4.78 is 13.0. The van der Waals surface area contributed by atoms with Crippen molar-refractivity contribution in [1.29, 1.82) is 0 Å².